The van der Waals surface area contributed by atoms with Gasteiger partial charge in [-0.05, 0) is 37.0 Å². The Labute approximate surface area is 154 Å². The van der Waals surface area contributed by atoms with Crippen molar-refractivity contribution in [2.45, 2.75) is 57.9 Å². The molecule has 1 aliphatic carbocycles. The van der Waals surface area contributed by atoms with E-state index in [4.69, 9.17) is 0 Å². The Morgan fingerprint density at radius 3 is 2.64 bits per heavy atom. The minimum atomic E-state index is 0.177. The number of carbonyl (C=O) groups is 1. The van der Waals surface area contributed by atoms with Crippen molar-refractivity contribution in [2.24, 2.45) is 0 Å². The largest absolute Gasteiger partial charge is 0.342 e. The Balaban J connectivity index is 1.56. The van der Waals surface area contributed by atoms with Gasteiger partial charge >= 0.3 is 0 Å². The van der Waals surface area contributed by atoms with Gasteiger partial charge in [-0.2, -0.15) is 0 Å². The maximum atomic E-state index is 12.5. The second-order valence-corrected chi connectivity index (χ2v) is 7.65. The highest BCUT2D eigenvalue weighted by molar-refractivity contribution is 7.13. The molecule has 25 heavy (non-hydrogen) atoms. The van der Waals surface area contributed by atoms with Crippen LogP contribution in [0.15, 0.2) is 29.6 Å². The number of anilines is 2. The molecular weight excluding hydrogens is 330 g/mol. The summed E-state index contributed by atoms with van der Waals surface area (Å²) in [4.78, 5) is 19.0. The van der Waals surface area contributed by atoms with Gasteiger partial charge in [0.15, 0.2) is 5.13 Å². The lowest BCUT2D eigenvalue weighted by Crippen LogP contribution is -2.39. The molecule has 134 valence electrons. The van der Waals surface area contributed by atoms with Crippen LogP contribution in [0.5, 0.6) is 0 Å². The predicted molar refractivity (Wildman–Crippen MR) is 105 cm³/mol. The quantitative estimate of drug-likeness (QED) is 0.809. The first-order valence-electron chi connectivity index (χ1n) is 9.21. The number of amides is 1. The predicted octanol–water partition coefficient (Wildman–Crippen LogP) is 4.78. The van der Waals surface area contributed by atoms with E-state index in [1.165, 1.54) is 24.8 Å². The van der Waals surface area contributed by atoms with E-state index in [-0.39, 0.29) is 5.91 Å². The van der Waals surface area contributed by atoms with Crippen molar-refractivity contribution < 1.29 is 4.79 Å². The van der Waals surface area contributed by atoms with E-state index in [1.54, 1.807) is 11.3 Å². The van der Waals surface area contributed by atoms with Crippen LogP contribution >= 0.6 is 11.3 Å². The lowest BCUT2D eigenvalue weighted by molar-refractivity contribution is -0.131. The van der Waals surface area contributed by atoms with Gasteiger partial charge in [0.1, 0.15) is 0 Å². The van der Waals surface area contributed by atoms with E-state index in [2.05, 4.69) is 41.5 Å². The van der Waals surface area contributed by atoms with Crippen LogP contribution in [0.25, 0.3) is 0 Å². The molecule has 0 unspecified atom stereocenters. The third-order valence-electron chi connectivity index (χ3n) is 5.01. The Morgan fingerprint density at radius 1 is 1.24 bits per heavy atom. The summed E-state index contributed by atoms with van der Waals surface area (Å²) in [5, 5.41) is 6.15. The Hall–Kier alpha value is -1.88. The van der Waals surface area contributed by atoms with Crippen LogP contribution in [0.3, 0.4) is 0 Å². The van der Waals surface area contributed by atoms with Crippen LogP contribution in [0.1, 0.15) is 50.3 Å². The number of aromatic nitrogens is 1. The fourth-order valence-corrected chi connectivity index (χ4v) is 4.07. The average Bonchev–Trinajstić information content (AvgIpc) is 3.09. The van der Waals surface area contributed by atoms with Crippen molar-refractivity contribution >= 4 is 28.1 Å². The van der Waals surface area contributed by atoms with Crippen LogP contribution in [0.2, 0.25) is 0 Å². The molecule has 1 heterocycles. The number of carbonyl (C=O) groups excluding carboxylic acids is 1. The molecule has 0 aliphatic heterocycles. The topological polar surface area (TPSA) is 45.2 Å². The van der Waals surface area contributed by atoms with E-state index in [0.29, 0.717) is 12.5 Å². The van der Waals surface area contributed by atoms with Crippen molar-refractivity contribution in [3.05, 3.63) is 40.9 Å². The Bertz CT molecular complexity index is 689. The van der Waals surface area contributed by atoms with E-state index in [1.807, 2.05) is 17.3 Å². The van der Waals surface area contributed by atoms with E-state index in [0.717, 1.165) is 35.8 Å². The fraction of sp³-hybridized carbons (Fsp3) is 0.500. The molecule has 1 aliphatic rings. The van der Waals surface area contributed by atoms with Crippen molar-refractivity contribution in [2.75, 3.05) is 12.4 Å². The zero-order valence-corrected chi connectivity index (χ0v) is 15.9. The summed E-state index contributed by atoms with van der Waals surface area (Å²) in [6, 6.07) is 8.80. The molecule has 0 radical (unpaired) electrons. The molecule has 0 spiro atoms. The molecule has 1 saturated carbocycles. The normalized spacial score (nSPS) is 15.1. The van der Waals surface area contributed by atoms with Crippen LogP contribution < -0.4 is 5.32 Å². The standard InChI is InChI=1S/C20H27N3OS/c1-3-15-9-11-16(12-10-15)21-20-22-17(14-25-20)13-19(24)23(2)18-7-5-4-6-8-18/h9-12,14,18H,3-8,13H2,1-2H3,(H,21,22). The molecule has 4 nitrogen and oxygen atoms in total. The number of benzene rings is 1. The summed E-state index contributed by atoms with van der Waals surface area (Å²) in [5.41, 5.74) is 3.20. The minimum absolute atomic E-state index is 0.177. The Morgan fingerprint density at radius 2 is 1.96 bits per heavy atom. The molecule has 1 aromatic heterocycles. The lowest BCUT2D eigenvalue weighted by Gasteiger charge is -2.31. The van der Waals surface area contributed by atoms with Gasteiger partial charge in [0, 0.05) is 24.2 Å². The van der Waals surface area contributed by atoms with Crippen LogP contribution in [-0.2, 0) is 17.6 Å². The number of likely N-dealkylation sites (N-methyl/N-ethyl adjacent to an activating group) is 1. The number of nitrogens with one attached hydrogen (secondary N) is 1. The second-order valence-electron chi connectivity index (χ2n) is 6.79. The fourth-order valence-electron chi connectivity index (χ4n) is 3.34. The number of nitrogens with zero attached hydrogens (tertiary/aromatic N) is 2. The van der Waals surface area contributed by atoms with Gasteiger partial charge in [-0.15, -0.1) is 11.3 Å². The second kappa shape index (κ2) is 8.48. The van der Waals surface area contributed by atoms with Crippen molar-refractivity contribution in [1.82, 2.24) is 9.88 Å². The number of rotatable bonds is 6. The average molecular weight is 358 g/mol. The third-order valence-corrected chi connectivity index (χ3v) is 5.82. The highest BCUT2D eigenvalue weighted by Gasteiger charge is 2.22. The van der Waals surface area contributed by atoms with Crippen LogP contribution in [0.4, 0.5) is 10.8 Å². The monoisotopic (exact) mass is 357 g/mol. The van der Waals surface area contributed by atoms with Crippen molar-refractivity contribution in [3.8, 4) is 0 Å². The molecule has 1 aromatic carbocycles. The Kier molecular flexibility index (Phi) is 6.08. The van der Waals surface area contributed by atoms with Gasteiger partial charge in [-0.1, -0.05) is 38.3 Å². The summed E-state index contributed by atoms with van der Waals surface area (Å²) in [6.07, 6.45) is 7.49. The molecule has 0 bridgehead atoms. The molecule has 1 amide bonds. The van der Waals surface area contributed by atoms with Gasteiger partial charge in [-0.3, -0.25) is 4.79 Å². The number of hydrogen-bond donors (Lipinski definition) is 1. The van der Waals surface area contributed by atoms with Crippen LogP contribution in [-0.4, -0.2) is 28.9 Å². The zero-order valence-electron chi connectivity index (χ0n) is 15.1. The number of thiazole rings is 1. The molecule has 0 saturated heterocycles. The van der Waals surface area contributed by atoms with Gasteiger partial charge in [0.05, 0.1) is 12.1 Å². The highest BCUT2D eigenvalue weighted by Crippen LogP contribution is 2.24. The molecule has 1 N–H and O–H groups in total. The first-order chi connectivity index (χ1) is 12.2. The van der Waals surface area contributed by atoms with Gasteiger partial charge < -0.3 is 10.2 Å². The molecule has 1 fully saturated rings. The van der Waals surface area contributed by atoms with Gasteiger partial charge in [0.2, 0.25) is 5.91 Å². The maximum Gasteiger partial charge on any atom is 0.228 e. The van der Waals surface area contributed by atoms with E-state index >= 15 is 0 Å². The van der Waals surface area contributed by atoms with Crippen molar-refractivity contribution in [3.63, 3.8) is 0 Å². The smallest absolute Gasteiger partial charge is 0.228 e. The maximum absolute atomic E-state index is 12.5. The van der Waals surface area contributed by atoms with Gasteiger partial charge in [0.25, 0.3) is 0 Å². The third kappa shape index (κ3) is 4.82. The molecule has 5 heteroatoms. The van der Waals surface area contributed by atoms with E-state index < -0.39 is 0 Å². The summed E-state index contributed by atoms with van der Waals surface area (Å²) in [5.74, 6) is 0.177. The van der Waals surface area contributed by atoms with Crippen molar-refractivity contribution in [1.29, 1.82) is 0 Å². The molecule has 0 atom stereocenters. The summed E-state index contributed by atoms with van der Waals surface area (Å²) in [7, 11) is 1.94. The summed E-state index contributed by atoms with van der Waals surface area (Å²) >= 11 is 1.55. The summed E-state index contributed by atoms with van der Waals surface area (Å²) < 4.78 is 0. The summed E-state index contributed by atoms with van der Waals surface area (Å²) in [6.45, 7) is 2.15. The highest BCUT2D eigenvalue weighted by atomic mass is 32.1. The SMILES string of the molecule is CCc1ccc(Nc2nc(CC(=O)N(C)C3CCCCC3)cs2)cc1. The first kappa shape index (κ1) is 17.9. The number of hydrogen-bond acceptors (Lipinski definition) is 4. The number of aryl methyl sites for hydroxylation is 1. The van der Waals surface area contributed by atoms with Gasteiger partial charge in [-0.25, -0.2) is 4.98 Å². The lowest BCUT2D eigenvalue weighted by atomic mass is 9.94. The van der Waals surface area contributed by atoms with E-state index in [9.17, 15) is 4.79 Å². The molecule has 3 rings (SSSR count). The first-order valence-corrected chi connectivity index (χ1v) is 10.1. The van der Waals surface area contributed by atoms with Crippen LogP contribution in [0, 0.1) is 0 Å². The zero-order chi connectivity index (χ0) is 17.6. The minimum Gasteiger partial charge on any atom is -0.342 e. The molecule has 2 aromatic rings. The molecular formula is C20H27N3OS.